The molecule has 0 radical (unpaired) electrons. The summed E-state index contributed by atoms with van der Waals surface area (Å²) >= 11 is 6.54. The minimum Gasteiger partial charge on any atom is -0.453 e. The van der Waals surface area contributed by atoms with E-state index < -0.39 is 6.04 Å². The van der Waals surface area contributed by atoms with E-state index in [0.717, 1.165) is 48.4 Å². The molecule has 4 fully saturated rings. The molecule has 0 saturated carbocycles. The van der Waals surface area contributed by atoms with Crippen molar-refractivity contribution in [3.8, 4) is 22.9 Å². The molecule has 3 aromatic heterocycles. The van der Waals surface area contributed by atoms with Gasteiger partial charge in [0.05, 0.1) is 23.4 Å². The molecule has 4 aliphatic heterocycles. The smallest absolute Gasteiger partial charge is 0.254 e. The Morgan fingerprint density at radius 2 is 1.78 bits per heavy atom. The number of benzene rings is 2. The largest absolute Gasteiger partial charge is 0.453 e. The van der Waals surface area contributed by atoms with Crippen molar-refractivity contribution in [3.63, 3.8) is 0 Å². The predicted octanol–water partition coefficient (Wildman–Crippen LogP) is 4.98. The highest BCUT2D eigenvalue weighted by Gasteiger charge is 2.50. The van der Waals surface area contributed by atoms with Gasteiger partial charge in [-0.15, -0.1) is 0 Å². The molecular weight excluding hydrogens is 722 g/mol. The number of nitrogens with zero attached hydrogens (tertiary/aromatic N) is 7. The van der Waals surface area contributed by atoms with Crippen molar-refractivity contribution >= 4 is 52.1 Å². The predicted molar refractivity (Wildman–Crippen MR) is 204 cm³/mol. The number of carbonyl (C=O) groups is 4. The van der Waals surface area contributed by atoms with Gasteiger partial charge in [-0.05, 0) is 74.6 Å². The number of rotatable bonds is 7. The number of imidazole rings is 1. The summed E-state index contributed by atoms with van der Waals surface area (Å²) in [7, 11) is 1.85. The van der Waals surface area contributed by atoms with Crippen LogP contribution in [0.4, 0.5) is 5.69 Å². The topological polar surface area (TPSA) is 159 Å². The number of H-pyrrole nitrogens is 1. The number of piperidine rings is 1. The first-order chi connectivity index (χ1) is 26.5. The number of anilines is 1. The number of aromatic amines is 1. The molecule has 0 bridgehead atoms. The van der Waals surface area contributed by atoms with Gasteiger partial charge in [0.2, 0.25) is 17.7 Å². The minimum atomic E-state index is -0.489. The number of aromatic nitrogens is 5. The van der Waals surface area contributed by atoms with Gasteiger partial charge in [0.15, 0.2) is 11.4 Å². The van der Waals surface area contributed by atoms with Gasteiger partial charge in [0.25, 0.3) is 5.91 Å². The van der Waals surface area contributed by atoms with Gasteiger partial charge in [-0.25, -0.2) is 9.97 Å². The molecule has 0 aliphatic carbocycles. The fourth-order valence-corrected chi connectivity index (χ4v) is 8.84. The van der Waals surface area contributed by atoms with E-state index in [9.17, 15) is 19.2 Å². The number of hydrogen-bond acceptors (Lipinski definition) is 9. The molecule has 5 aromatic rings. The zero-order chi connectivity index (χ0) is 38.0. The lowest BCUT2D eigenvalue weighted by Crippen LogP contribution is -2.58. The molecule has 2 N–H and O–H groups in total. The quantitative estimate of drug-likeness (QED) is 0.218. The Balaban J connectivity index is 0.822. The maximum Gasteiger partial charge on any atom is 0.254 e. The first kappa shape index (κ1) is 35.0. The van der Waals surface area contributed by atoms with Crippen molar-refractivity contribution in [3.05, 3.63) is 82.8 Å². The Bertz CT molecular complexity index is 2350. The molecule has 282 valence electrons. The normalized spacial score (nSPS) is 20.7. The SMILES string of the molecule is Cc1nn(C)cc1-c1nc2ncc(Cl)c(Oc3ccc(C(=O)N4CCC[C@H]4C(=O)N4CCC5(C4)CN(c4ccc([C@@H]6CCC(=O)NC6=O)cc4)C5)cc3)c2[nH]1. The van der Waals surface area contributed by atoms with Crippen molar-refractivity contribution in [2.75, 3.05) is 37.6 Å². The van der Waals surface area contributed by atoms with Crippen LogP contribution in [-0.4, -0.2) is 96.9 Å². The van der Waals surface area contributed by atoms with E-state index in [-0.39, 0.29) is 35.0 Å². The van der Waals surface area contributed by atoms with Gasteiger partial charge in [-0.1, -0.05) is 23.7 Å². The lowest BCUT2D eigenvalue weighted by atomic mass is 9.78. The molecule has 4 amide bonds. The highest BCUT2D eigenvalue weighted by atomic mass is 35.5. The molecule has 7 heterocycles. The second-order valence-electron chi connectivity index (χ2n) is 15.3. The molecule has 1 spiro atoms. The molecule has 9 rings (SSSR count). The molecule has 14 nitrogen and oxygen atoms in total. The van der Waals surface area contributed by atoms with Crippen LogP contribution < -0.4 is 15.0 Å². The van der Waals surface area contributed by atoms with Gasteiger partial charge >= 0.3 is 0 Å². The minimum absolute atomic E-state index is 0.0199. The summed E-state index contributed by atoms with van der Waals surface area (Å²) in [6.07, 6.45) is 6.59. The highest BCUT2D eigenvalue weighted by molar-refractivity contribution is 6.32. The Labute approximate surface area is 321 Å². The fraction of sp³-hybridized carbons (Fsp3) is 0.375. The number of likely N-dealkylation sites (tertiary alicyclic amines) is 2. The van der Waals surface area contributed by atoms with Crippen molar-refractivity contribution in [1.29, 1.82) is 0 Å². The van der Waals surface area contributed by atoms with Crippen LogP contribution in [0.1, 0.15) is 59.6 Å². The summed E-state index contributed by atoms with van der Waals surface area (Å²) in [5.41, 5.74) is 5.16. The number of fused-ring (bicyclic) bond motifs is 1. The zero-order valence-corrected chi connectivity index (χ0v) is 31.3. The summed E-state index contributed by atoms with van der Waals surface area (Å²) in [5, 5.41) is 7.15. The van der Waals surface area contributed by atoms with Crippen LogP contribution in [0.5, 0.6) is 11.5 Å². The number of carbonyl (C=O) groups excluding carboxylic acids is 4. The molecule has 4 saturated heterocycles. The van der Waals surface area contributed by atoms with E-state index in [1.165, 1.54) is 6.20 Å². The Hall–Kier alpha value is -5.76. The monoisotopic (exact) mass is 761 g/mol. The van der Waals surface area contributed by atoms with Crippen LogP contribution in [0.2, 0.25) is 5.02 Å². The van der Waals surface area contributed by atoms with Gasteiger partial charge in [-0.2, -0.15) is 5.10 Å². The fourth-order valence-electron chi connectivity index (χ4n) is 8.65. The van der Waals surface area contributed by atoms with Crippen molar-refractivity contribution in [1.82, 2.24) is 39.8 Å². The third-order valence-corrected chi connectivity index (χ3v) is 11.8. The lowest BCUT2D eigenvalue weighted by Gasteiger charge is -2.49. The maximum atomic E-state index is 13.9. The number of pyridine rings is 1. The number of halogens is 1. The third kappa shape index (κ3) is 6.37. The van der Waals surface area contributed by atoms with Gasteiger partial charge < -0.3 is 24.4 Å². The van der Waals surface area contributed by atoms with E-state index in [2.05, 4.69) is 30.3 Å². The standard InChI is InChI=1S/C40H40ClN9O5/c1-23-29(19-47(2)46-23)35-44-33-34(30(41)18-42-36(33)45-35)55-27-11-7-25(8-12-27)38(53)50-16-3-4-31(50)39(54)48-17-15-40(20-48)21-49(22-40)26-9-5-24(6-10-26)28-13-14-32(51)43-37(28)52/h5-12,18-19,28,31H,3-4,13-17,20-22H2,1-2H3,(H,42,44,45)(H,43,51,52)/t28-,31-/m0/s1. The van der Waals surface area contributed by atoms with Crippen LogP contribution in [-0.2, 0) is 21.4 Å². The lowest BCUT2D eigenvalue weighted by molar-refractivity contribution is -0.135. The molecular formula is C40H40ClN9O5. The first-order valence-electron chi connectivity index (χ1n) is 18.7. The Morgan fingerprint density at radius 3 is 2.51 bits per heavy atom. The van der Waals surface area contributed by atoms with Crippen LogP contribution in [0, 0.1) is 12.3 Å². The Kier molecular flexibility index (Phi) is 8.60. The number of ether oxygens (including phenoxy) is 1. The average Bonchev–Trinajstić information content (AvgIpc) is 3.98. The number of amides is 4. The van der Waals surface area contributed by atoms with Crippen molar-refractivity contribution in [2.24, 2.45) is 12.5 Å². The number of hydrogen-bond donors (Lipinski definition) is 2. The molecule has 15 heteroatoms. The van der Waals surface area contributed by atoms with E-state index in [1.807, 2.05) is 49.3 Å². The van der Waals surface area contributed by atoms with Gasteiger partial charge in [0, 0.05) is 69.1 Å². The molecule has 2 aromatic carbocycles. The van der Waals surface area contributed by atoms with Crippen LogP contribution in [0.15, 0.2) is 60.9 Å². The third-order valence-electron chi connectivity index (χ3n) is 11.5. The molecule has 55 heavy (non-hydrogen) atoms. The van der Waals surface area contributed by atoms with E-state index in [4.69, 9.17) is 16.3 Å². The Morgan fingerprint density at radius 1 is 1.00 bits per heavy atom. The van der Waals surface area contributed by atoms with Gasteiger partial charge in [0.1, 0.15) is 28.2 Å². The highest BCUT2D eigenvalue weighted by Crippen LogP contribution is 2.43. The van der Waals surface area contributed by atoms with Crippen LogP contribution in [0.25, 0.3) is 22.6 Å². The van der Waals surface area contributed by atoms with E-state index in [0.29, 0.717) is 78.0 Å². The summed E-state index contributed by atoms with van der Waals surface area (Å²) in [6, 6.07) is 14.4. The second kappa shape index (κ2) is 13.5. The number of imide groups is 1. The maximum absolute atomic E-state index is 13.9. The van der Waals surface area contributed by atoms with Gasteiger partial charge in [-0.3, -0.25) is 29.2 Å². The molecule has 2 atom stereocenters. The average molecular weight is 762 g/mol. The van der Waals surface area contributed by atoms with E-state index >= 15 is 0 Å². The zero-order valence-electron chi connectivity index (χ0n) is 30.5. The van der Waals surface area contributed by atoms with Crippen molar-refractivity contribution in [2.45, 2.75) is 51.0 Å². The van der Waals surface area contributed by atoms with E-state index in [1.54, 1.807) is 33.8 Å². The summed E-state index contributed by atoms with van der Waals surface area (Å²) in [4.78, 5) is 69.9. The van der Waals surface area contributed by atoms with Crippen LogP contribution in [0.3, 0.4) is 0 Å². The first-order valence-corrected chi connectivity index (χ1v) is 19.0. The number of aryl methyl sites for hydroxylation is 2. The molecule has 4 aliphatic rings. The van der Waals surface area contributed by atoms with Crippen LogP contribution >= 0.6 is 11.6 Å². The molecule has 0 unspecified atom stereocenters. The number of nitrogens with one attached hydrogen (secondary N) is 2. The second-order valence-corrected chi connectivity index (χ2v) is 15.7. The summed E-state index contributed by atoms with van der Waals surface area (Å²) in [6.45, 7) is 5.47. The summed E-state index contributed by atoms with van der Waals surface area (Å²) in [5.74, 6) is 0.548. The summed E-state index contributed by atoms with van der Waals surface area (Å²) < 4.78 is 7.95. The van der Waals surface area contributed by atoms with Crippen molar-refractivity contribution < 1.29 is 23.9 Å².